The van der Waals surface area contributed by atoms with Crippen LogP contribution in [-0.2, 0) is 0 Å². The number of carbonyl (C=O) groups excluding carboxylic acids is 1. The number of halogens is 4. The van der Waals surface area contributed by atoms with E-state index < -0.39 is 23.8 Å². The first-order chi connectivity index (χ1) is 5.95. The molecule has 0 aliphatic rings. The topological polar surface area (TPSA) is 17.1 Å². The molecule has 0 heterocycles. The minimum Gasteiger partial charge on any atom is -0.445 e. The van der Waals surface area contributed by atoms with Gasteiger partial charge in [0.2, 0.25) is 0 Å². The minimum atomic E-state index is -5.25. The van der Waals surface area contributed by atoms with Crippen LogP contribution in [0.5, 0.6) is 0 Å². The molecule has 0 radical (unpaired) electrons. The van der Waals surface area contributed by atoms with Gasteiger partial charge in [0.1, 0.15) is 12.1 Å². The Labute approximate surface area is 120 Å². The summed E-state index contributed by atoms with van der Waals surface area (Å²) in [5.41, 5.74) is -1.72. The summed E-state index contributed by atoms with van der Waals surface area (Å²) in [6.07, 6.45) is -0.00630. The van der Waals surface area contributed by atoms with E-state index in [9.17, 15) is 22.1 Å². The van der Waals surface area contributed by atoms with Crippen molar-refractivity contribution in [1.82, 2.24) is 0 Å². The first-order valence-electron chi connectivity index (χ1n) is 3.39. The van der Waals surface area contributed by atoms with Crippen molar-refractivity contribution in [2.24, 2.45) is 0 Å². The summed E-state index contributed by atoms with van der Waals surface area (Å²) in [7, 11) is 0. The second-order valence-corrected chi connectivity index (χ2v) is 2.47. The summed E-state index contributed by atoms with van der Waals surface area (Å²) in [4.78, 5) is 10.2. The maximum Gasteiger partial charge on any atom is 1.00 e. The number of benzene rings is 1. The van der Waals surface area contributed by atoms with Gasteiger partial charge in [0.25, 0.3) is 0 Å². The van der Waals surface area contributed by atoms with Gasteiger partial charge in [-0.05, 0) is 17.7 Å². The van der Waals surface area contributed by atoms with E-state index in [2.05, 4.69) is 0 Å². The van der Waals surface area contributed by atoms with Crippen molar-refractivity contribution in [2.45, 2.75) is 0 Å². The van der Waals surface area contributed by atoms with Gasteiger partial charge in [-0.1, -0.05) is 11.5 Å². The summed E-state index contributed by atoms with van der Waals surface area (Å²) in [6, 6.07) is 1.81. The molecule has 0 amide bonds. The maximum atomic E-state index is 12.4. The number of aldehydes is 1. The number of rotatable bonds is 2. The van der Waals surface area contributed by atoms with Crippen molar-refractivity contribution >= 4 is 18.7 Å². The fourth-order valence-corrected chi connectivity index (χ4v) is 0.946. The summed E-state index contributed by atoms with van der Waals surface area (Å²) in [5, 5.41) is 0. The number of hydrogen-bond acceptors (Lipinski definition) is 1. The zero-order valence-corrected chi connectivity index (χ0v) is 10.4. The fraction of sp³-hybridized carbons (Fsp3) is 0. The van der Waals surface area contributed by atoms with E-state index in [1.807, 2.05) is 0 Å². The van der Waals surface area contributed by atoms with Crippen LogP contribution in [0.1, 0.15) is 10.4 Å². The molecule has 0 aromatic heterocycles. The average molecular weight is 230 g/mol. The van der Waals surface area contributed by atoms with Crippen molar-refractivity contribution in [3.63, 3.8) is 0 Å². The van der Waals surface area contributed by atoms with Gasteiger partial charge in [0.15, 0.2) is 0 Å². The number of hydrogen-bond donors (Lipinski definition) is 0. The molecule has 70 valence electrons. The van der Waals surface area contributed by atoms with Gasteiger partial charge in [-0.15, -0.1) is 0 Å². The van der Waals surface area contributed by atoms with Gasteiger partial charge in [-0.2, -0.15) is 0 Å². The zero-order valence-electron chi connectivity index (χ0n) is 7.31. The number of carbonyl (C=O) groups is 1. The van der Waals surface area contributed by atoms with E-state index in [1.54, 1.807) is 0 Å². The van der Waals surface area contributed by atoms with Crippen molar-refractivity contribution in [2.75, 3.05) is 0 Å². The Morgan fingerprint density at radius 2 is 1.79 bits per heavy atom. The van der Waals surface area contributed by atoms with Crippen LogP contribution in [0.4, 0.5) is 17.3 Å². The molecule has 0 N–H and O–H groups in total. The molecule has 0 aliphatic heterocycles. The van der Waals surface area contributed by atoms with E-state index >= 15 is 0 Å². The smallest absolute Gasteiger partial charge is 0.445 e. The van der Waals surface area contributed by atoms with Crippen LogP contribution in [0.15, 0.2) is 18.2 Å². The quantitative estimate of drug-likeness (QED) is 0.350. The molecule has 1 rings (SSSR count). The van der Waals surface area contributed by atoms with Crippen LogP contribution in [0.2, 0.25) is 0 Å². The third kappa shape index (κ3) is 3.47. The molecule has 0 aliphatic carbocycles. The summed E-state index contributed by atoms with van der Waals surface area (Å²) < 4.78 is 48.8. The molecular formula is C7H4BF4KO. The van der Waals surface area contributed by atoms with E-state index in [0.29, 0.717) is 18.2 Å². The van der Waals surface area contributed by atoms with Gasteiger partial charge in [-0.3, -0.25) is 4.79 Å². The molecule has 1 nitrogen and oxygen atoms in total. The molecule has 0 spiro atoms. The maximum absolute atomic E-state index is 12.4. The second-order valence-electron chi connectivity index (χ2n) is 2.47. The largest absolute Gasteiger partial charge is 1.00 e. The van der Waals surface area contributed by atoms with Gasteiger partial charge in [-0.25, -0.2) is 4.39 Å². The van der Waals surface area contributed by atoms with Crippen molar-refractivity contribution < 1.29 is 73.5 Å². The molecular weight excluding hydrogens is 226 g/mol. The molecule has 7 heteroatoms. The molecule has 0 unspecified atom stereocenters. The molecule has 1 aromatic rings. The third-order valence-corrected chi connectivity index (χ3v) is 1.53. The van der Waals surface area contributed by atoms with E-state index in [1.165, 1.54) is 0 Å². The average Bonchev–Trinajstić information content (AvgIpc) is 2.01. The van der Waals surface area contributed by atoms with Crippen LogP contribution >= 0.6 is 0 Å². The van der Waals surface area contributed by atoms with E-state index in [4.69, 9.17) is 0 Å². The van der Waals surface area contributed by atoms with Crippen molar-refractivity contribution in [3.8, 4) is 0 Å². The van der Waals surface area contributed by atoms with Crippen molar-refractivity contribution in [1.29, 1.82) is 0 Å². The zero-order chi connectivity index (χ0) is 10.1. The third-order valence-electron chi connectivity index (χ3n) is 1.53. The van der Waals surface area contributed by atoms with Crippen LogP contribution < -0.4 is 56.8 Å². The van der Waals surface area contributed by atoms with Gasteiger partial charge >= 0.3 is 58.4 Å². The molecule has 0 fully saturated rings. The minimum absolute atomic E-state index is 0. The summed E-state index contributed by atoms with van der Waals surface area (Å²) in [5.74, 6) is -0.856. The Hall–Kier alpha value is 0.311. The fourth-order valence-electron chi connectivity index (χ4n) is 0.946. The summed E-state index contributed by atoms with van der Waals surface area (Å²) in [6.45, 7) is -5.25. The first-order valence-corrected chi connectivity index (χ1v) is 3.39. The molecule has 1 aromatic carbocycles. The normalized spacial score (nSPS) is 10.6. The molecule has 0 saturated carbocycles. The monoisotopic (exact) mass is 230 g/mol. The molecule has 0 atom stereocenters. The Morgan fingerprint density at radius 1 is 1.21 bits per heavy atom. The van der Waals surface area contributed by atoms with Crippen molar-refractivity contribution in [3.05, 3.63) is 29.6 Å². The Kier molecular flexibility index (Phi) is 5.53. The van der Waals surface area contributed by atoms with Crippen LogP contribution in [0.3, 0.4) is 0 Å². The first kappa shape index (κ1) is 14.3. The van der Waals surface area contributed by atoms with Gasteiger partial charge < -0.3 is 12.9 Å². The Morgan fingerprint density at radius 3 is 2.21 bits per heavy atom. The molecule has 0 bridgehead atoms. The molecule has 14 heavy (non-hydrogen) atoms. The van der Waals surface area contributed by atoms with E-state index in [0.717, 1.165) is 0 Å². The predicted molar refractivity (Wildman–Crippen MR) is 40.5 cm³/mol. The van der Waals surface area contributed by atoms with Crippen LogP contribution in [-0.4, -0.2) is 13.3 Å². The second kappa shape index (κ2) is 5.41. The molecule has 0 saturated heterocycles. The Bertz CT molecular complexity index is 339. The standard InChI is InChI=1S/C7H4BF4O.K/c9-6-1-2-7(8(10,11)12)5(3-6)4-13;/h1-4H;/q-1;+1. The van der Waals surface area contributed by atoms with Crippen LogP contribution in [0, 0.1) is 5.82 Å². The van der Waals surface area contributed by atoms with E-state index in [-0.39, 0.29) is 57.7 Å². The van der Waals surface area contributed by atoms with Crippen LogP contribution in [0.25, 0.3) is 0 Å². The SMILES string of the molecule is O=Cc1cc(F)ccc1[B-](F)(F)F.[K+]. The summed E-state index contributed by atoms with van der Waals surface area (Å²) >= 11 is 0. The van der Waals surface area contributed by atoms with Gasteiger partial charge in [0, 0.05) is 0 Å². The van der Waals surface area contributed by atoms with Gasteiger partial charge in [0.05, 0.1) is 0 Å². The predicted octanol–water partition coefficient (Wildman–Crippen LogP) is -1.30. The Balaban J connectivity index is 0.00000169.